The van der Waals surface area contributed by atoms with Crippen LogP contribution in [0.2, 0.25) is 0 Å². The first-order valence-electron chi connectivity index (χ1n) is 12.6. The summed E-state index contributed by atoms with van der Waals surface area (Å²) in [6.45, 7) is 6.23. The number of methoxy groups -OCH3 is 2. The minimum atomic E-state index is -0.367. The number of ether oxygens (including phenoxy) is 2. The molecular weight excluding hydrogens is 510 g/mol. The summed E-state index contributed by atoms with van der Waals surface area (Å²) in [6.07, 6.45) is 0.803. The van der Waals surface area contributed by atoms with Crippen LogP contribution >= 0.6 is 11.3 Å². The lowest BCUT2D eigenvalue weighted by molar-refractivity contribution is 0.102. The van der Waals surface area contributed by atoms with Gasteiger partial charge in [0.25, 0.3) is 5.91 Å². The van der Waals surface area contributed by atoms with Crippen LogP contribution < -0.4 is 20.3 Å². The third-order valence-electron chi connectivity index (χ3n) is 6.37. The molecule has 0 aliphatic carbocycles. The maximum absolute atomic E-state index is 13.7. The highest BCUT2D eigenvalue weighted by atomic mass is 32.1. The van der Waals surface area contributed by atoms with E-state index in [2.05, 4.69) is 49.3 Å². The van der Waals surface area contributed by atoms with Crippen LogP contribution in [0.15, 0.2) is 76.1 Å². The van der Waals surface area contributed by atoms with Crippen LogP contribution in [0.25, 0.3) is 22.2 Å². The molecule has 0 unspecified atom stereocenters. The Kier molecular flexibility index (Phi) is 7.47. The van der Waals surface area contributed by atoms with Gasteiger partial charge < -0.3 is 13.9 Å². The Bertz CT molecular complexity index is 1750. The van der Waals surface area contributed by atoms with Crippen molar-refractivity contribution in [2.24, 2.45) is 4.99 Å². The van der Waals surface area contributed by atoms with Gasteiger partial charge in [0, 0.05) is 21.9 Å². The molecule has 0 atom stereocenters. The van der Waals surface area contributed by atoms with Gasteiger partial charge in [0.2, 0.25) is 5.55 Å². The van der Waals surface area contributed by atoms with E-state index in [0.717, 1.165) is 33.7 Å². The molecule has 0 bridgehead atoms. The number of rotatable bonds is 7. The summed E-state index contributed by atoms with van der Waals surface area (Å²) in [4.78, 5) is 24.3. The lowest BCUT2D eigenvalue weighted by Gasteiger charge is -2.08. The average molecular weight is 540 g/mol. The molecule has 0 fully saturated rings. The van der Waals surface area contributed by atoms with Crippen molar-refractivity contribution in [2.75, 3.05) is 19.5 Å². The van der Waals surface area contributed by atoms with Crippen LogP contribution in [-0.2, 0) is 6.42 Å². The van der Waals surface area contributed by atoms with Gasteiger partial charge in [-0.2, -0.15) is 0 Å². The Hall–Kier alpha value is -4.43. The fourth-order valence-electron chi connectivity index (χ4n) is 4.34. The fraction of sp³-hybridized carbons (Fsp3) is 0.194. The van der Waals surface area contributed by atoms with Crippen molar-refractivity contribution in [3.8, 4) is 22.8 Å². The predicted octanol–water partition coefficient (Wildman–Crippen LogP) is 7.24. The predicted molar refractivity (Wildman–Crippen MR) is 155 cm³/mol. The number of aromatic nitrogens is 1. The fourth-order valence-corrected chi connectivity index (χ4v) is 5.25. The zero-order valence-electron chi connectivity index (χ0n) is 22.5. The van der Waals surface area contributed by atoms with Gasteiger partial charge in [0.15, 0.2) is 16.5 Å². The van der Waals surface area contributed by atoms with E-state index in [0.29, 0.717) is 33.3 Å². The monoisotopic (exact) mass is 539 g/mol. The minimum Gasteiger partial charge on any atom is -0.497 e. The molecule has 0 radical (unpaired) electrons. The van der Waals surface area contributed by atoms with Gasteiger partial charge in [0.05, 0.1) is 25.6 Å². The molecule has 5 aromatic rings. The molecule has 8 heteroatoms. The summed E-state index contributed by atoms with van der Waals surface area (Å²) in [5.41, 5.74) is 5.78. The van der Waals surface area contributed by atoms with Crippen molar-refractivity contribution in [3.63, 3.8) is 0 Å². The number of nitrogens with one attached hydrogen (secondary N) is 1. The van der Waals surface area contributed by atoms with Crippen molar-refractivity contribution in [3.05, 3.63) is 93.9 Å². The number of amides is 1. The Morgan fingerprint density at radius 3 is 2.62 bits per heavy atom. The number of carbonyl (C=O) groups is 1. The molecule has 198 valence electrons. The quantitative estimate of drug-likeness (QED) is 0.236. The molecule has 0 saturated carbocycles. The van der Waals surface area contributed by atoms with Crippen molar-refractivity contribution >= 4 is 39.0 Å². The highest BCUT2D eigenvalue weighted by Gasteiger charge is 2.19. The molecule has 0 saturated heterocycles. The second-order valence-electron chi connectivity index (χ2n) is 9.07. The number of anilines is 1. The highest BCUT2D eigenvalue weighted by molar-refractivity contribution is 7.16. The summed E-state index contributed by atoms with van der Waals surface area (Å²) < 4.78 is 17.0. The second-order valence-corrected chi connectivity index (χ2v) is 10.2. The Morgan fingerprint density at radius 2 is 1.85 bits per heavy atom. The number of fused-ring (bicyclic) bond motifs is 1. The number of benzene rings is 3. The van der Waals surface area contributed by atoms with E-state index in [-0.39, 0.29) is 17.0 Å². The van der Waals surface area contributed by atoms with Crippen LogP contribution in [0.1, 0.15) is 33.3 Å². The van der Waals surface area contributed by atoms with Crippen LogP contribution in [0.3, 0.4) is 0 Å². The first-order valence-corrected chi connectivity index (χ1v) is 13.4. The number of nitrogens with zero attached hydrogens (tertiary/aromatic N) is 2. The normalized spacial score (nSPS) is 11.6. The van der Waals surface area contributed by atoms with Crippen molar-refractivity contribution in [2.45, 2.75) is 27.2 Å². The van der Waals surface area contributed by atoms with Gasteiger partial charge in [0.1, 0.15) is 11.3 Å². The molecule has 39 heavy (non-hydrogen) atoms. The number of carbonyl (C=O) groups excluding carboxylic acids is 1. The average Bonchev–Trinajstić information content (AvgIpc) is 3.36. The molecule has 2 aromatic heterocycles. The van der Waals surface area contributed by atoms with E-state index >= 15 is 0 Å². The number of para-hydroxylation sites is 1. The van der Waals surface area contributed by atoms with Crippen LogP contribution in [-0.4, -0.2) is 25.1 Å². The smallest absolute Gasteiger partial charge is 0.262 e. The zero-order valence-corrected chi connectivity index (χ0v) is 23.3. The minimum absolute atomic E-state index is 0.153. The molecule has 1 amide bonds. The first-order chi connectivity index (χ1) is 18.9. The molecule has 2 heterocycles. The Labute approximate surface area is 230 Å². The van der Waals surface area contributed by atoms with Crippen molar-refractivity contribution in [1.29, 1.82) is 0 Å². The van der Waals surface area contributed by atoms with Crippen molar-refractivity contribution in [1.82, 2.24) is 4.98 Å². The molecule has 3 aromatic carbocycles. The van der Waals surface area contributed by atoms with Crippen molar-refractivity contribution < 1.29 is 18.7 Å². The van der Waals surface area contributed by atoms with Crippen LogP contribution in [0.4, 0.5) is 10.8 Å². The number of aryl methyl sites for hydroxylation is 3. The molecular formula is C31H29N3O4S. The maximum atomic E-state index is 13.7. The maximum Gasteiger partial charge on any atom is 0.262 e. The SMILES string of the molecule is CCc1sc(NC(=O)c2cc3cccc(OC)c3oc2=Nc2cccc(OC)c2)nc1-c1cc(C)ccc1C. The molecule has 0 spiro atoms. The summed E-state index contributed by atoms with van der Waals surface area (Å²) in [7, 11) is 3.17. The highest BCUT2D eigenvalue weighted by Crippen LogP contribution is 2.34. The van der Waals surface area contributed by atoms with Crippen LogP contribution in [0, 0.1) is 13.8 Å². The van der Waals surface area contributed by atoms with E-state index in [1.807, 2.05) is 30.3 Å². The van der Waals surface area contributed by atoms with Gasteiger partial charge in [-0.1, -0.05) is 42.8 Å². The van der Waals surface area contributed by atoms with E-state index in [9.17, 15) is 4.79 Å². The summed E-state index contributed by atoms with van der Waals surface area (Å²) in [5.74, 6) is 0.829. The third-order valence-corrected chi connectivity index (χ3v) is 7.49. The Morgan fingerprint density at radius 1 is 1.03 bits per heavy atom. The third kappa shape index (κ3) is 5.42. The molecule has 0 aliphatic rings. The summed E-state index contributed by atoms with van der Waals surface area (Å²) in [5, 5.41) is 4.23. The zero-order chi connectivity index (χ0) is 27.5. The second kappa shape index (κ2) is 11.1. The van der Waals surface area contributed by atoms with E-state index in [1.54, 1.807) is 32.4 Å². The lowest BCUT2D eigenvalue weighted by Crippen LogP contribution is -2.21. The van der Waals surface area contributed by atoms with E-state index in [4.69, 9.17) is 18.9 Å². The van der Waals surface area contributed by atoms with E-state index < -0.39 is 0 Å². The summed E-state index contributed by atoms with van der Waals surface area (Å²) >= 11 is 1.48. The van der Waals surface area contributed by atoms with Gasteiger partial charge >= 0.3 is 0 Å². The standard InChI is InChI=1S/C31H29N3O4S/c1-6-26-27(23-15-18(2)13-14-19(23)3)33-31(39-26)34-29(35)24-16-20-9-7-12-25(37-5)28(20)38-30(24)32-21-10-8-11-22(17-21)36-4/h7-17H,6H2,1-5H3,(H,33,34,35). The van der Waals surface area contributed by atoms with Crippen LogP contribution in [0.5, 0.6) is 11.5 Å². The molecule has 1 N–H and O–H groups in total. The van der Waals surface area contributed by atoms with Gasteiger partial charge in [-0.05, 0) is 56.2 Å². The Balaban J connectivity index is 1.60. The molecule has 0 aliphatic heterocycles. The number of hydrogen-bond acceptors (Lipinski definition) is 7. The van der Waals surface area contributed by atoms with Gasteiger partial charge in [-0.3, -0.25) is 10.1 Å². The summed E-state index contributed by atoms with van der Waals surface area (Å²) in [6, 6.07) is 20.8. The van der Waals surface area contributed by atoms with Gasteiger partial charge in [-0.15, -0.1) is 11.3 Å². The first kappa shape index (κ1) is 26.2. The largest absolute Gasteiger partial charge is 0.497 e. The van der Waals surface area contributed by atoms with Gasteiger partial charge in [-0.25, -0.2) is 9.98 Å². The molecule has 5 rings (SSSR count). The number of hydrogen-bond donors (Lipinski definition) is 1. The lowest BCUT2D eigenvalue weighted by atomic mass is 10.0. The number of thiazole rings is 1. The van der Waals surface area contributed by atoms with E-state index in [1.165, 1.54) is 11.3 Å². The topological polar surface area (TPSA) is 86.0 Å². The molecule has 7 nitrogen and oxygen atoms in total.